The molecule has 2 heterocycles. The Labute approximate surface area is 139 Å². The minimum Gasteiger partial charge on any atom is -0.282 e. The fourth-order valence-electron chi connectivity index (χ4n) is 2.36. The first-order valence-electron chi connectivity index (χ1n) is 7.65. The summed E-state index contributed by atoms with van der Waals surface area (Å²) in [7, 11) is 0. The van der Waals surface area contributed by atoms with Gasteiger partial charge >= 0.3 is 0 Å². The van der Waals surface area contributed by atoms with E-state index in [0.29, 0.717) is 5.17 Å². The summed E-state index contributed by atoms with van der Waals surface area (Å²) in [6.45, 7) is 4.10. The van der Waals surface area contributed by atoms with Gasteiger partial charge in [-0.1, -0.05) is 37.6 Å². The second-order valence-corrected chi connectivity index (χ2v) is 6.51. The highest BCUT2D eigenvalue weighted by Gasteiger charge is 2.35. The molecule has 2 aliphatic heterocycles. The van der Waals surface area contributed by atoms with Crippen molar-refractivity contribution in [3.05, 3.63) is 41.0 Å². The van der Waals surface area contributed by atoms with E-state index in [1.54, 1.807) is 6.08 Å². The zero-order valence-electron chi connectivity index (χ0n) is 13.2. The number of hydrogen-bond acceptors (Lipinski definition) is 4. The van der Waals surface area contributed by atoms with E-state index < -0.39 is 0 Å². The molecule has 0 saturated carbocycles. The molecule has 1 amide bonds. The zero-order chi connectivity index (χ0) is 16.4. The number of aryl methyl sites for hydroxylation is 1. The van der Waals surface area contributed by atoms with Gasteiger partial charge in [0.2, 0.25) is 5.17 Å². The fourth-order valence-corrected chi connectivity index (χ4v) is 3.29. The Balaban J connectivity index is 1.92. The Kier molecular flexibility index (Phi) is 4.43. The van der Waals surface area contributed by atoms with Crippen LogP contribution in [-0.4, -0.2) is 27.0 Å². The topological polar surface area (TPSA) is 68.9 Å². The summed E-state index contributed by atoms with van der Waals surface area (Å²) in [6, 6.07) is 7.77. The highest BCUT2D eigenvalue weighted by Crippen LogP contribution is 2.30. The van der Waals surface area contributed by atoms with Crippen molar-refractivity contribution in [2.45, 2.75) is 33.1 Å². The Bertz CT molecular complexity index is 764. The van der Waals surface area contributed by atoms with Gasteiger partial charge in [0.05, 0.1) is 5.57 Å². The van der Waals surface area contributed by atoms with Crippen LogP contribution in [0.3, 0.4) is 0 Å². The van der Waals surface area contributed by atoms with Crippen molar-refractivity contribution in [1.29, 1.82) is 5.41 Å². The Morgan fingerprint density at radius 2 is 2.13 bits per heavy atom. The normalized spacial score (nSPS) is 19.0. The molecule has 0 aliphatic carbocycles. The summed E-state index contributed by atoms with van der Waals surface area (Å²) in [5, 5.41) is 15.7. The van der Waals surface area contributed by atoms with Crippen LogP contribution in [-0.2, 0) is 4.79 Å². The van der Waals surface area contributed by atoms with Gasteiger partial charge in [-0.25, -0.2) is 0 Å². The lowest BCUT2D eigenvalue weighted by Gasteiger charge is -2.20. The van der Waals surface area contributed by atoms with Crippen LogP contribution in [0.25, 0.3) is 6.08 Å². The number of thioether (sulfide) groups is 1. The molecule has 0 fully saturated rings. The maximum atomic E-state index is 12.3. The molecule has 1 N–H and O–H groups in total. The molecule has 0 saturated heterocycles. The molecule has 6 heteroatoms. The minimum atomic E-state index is -0.371. The molecule has 1 aromatic rings. The lowest BCUT2D eigenvalue weighted by Crippen LogP contribution is -2.35. The quantitative estimate of drug-likeness (QED) is 0.856. The first kappa shape index (κ1) is 15.7. The van der Waals surface area contributed by atoms with E-state index in [1.165, 1.54) is 16.8 Å². The van der Waals surface area contributed by atoms with Gasteiger partial charge in [-0.05, 0) is 48.7 Å². The first-order valence-corrected chi connectivity index (χ1v) is 8.46. The van der Waals surface area contributed by atoms with Crippen molar-refractivity contribution in [2.24, 2.45) is 10.1 Å². The number of amidine groups is 2. The highest BCUT2D eigenvalue weighted by molar-refractivity contribution is 8.26. The Morgan fingerprint density at radius 1 is 1.35 bits per heavy atom. The second kappa shape index (κ2) is 6.50. The standard InChI is InChI=1S/C17H18N4OS/c1-3-4-9-14-20-21-15(18)13(16(22)19-17(21)23-14)10-12-8-6-5-7-11(12)2/h5-8,10,18H,3-4,9H2,1-2H3/b13-10-,18-15?. The van der Waals surface area contributed by atoms with Crippen LogP contribution < -0.4 is 0 Å². The summed E-state index contributed by atoms with van der Waals surface area (Å²) in [4.78, 5) is 16.4. The molecule has 1 aromatic carbocycles. The lowest BCUT2D eigenvalue weighted by atomic mass is 10.0. The van der Waals surface area contributed by atoms with Crippen LogP contribution >= 0.6 is 11.8 Å². The van der Waals surface area contributed by atoms with E-state index in [-0.39, 0.29) is 17.3 Å². The lowest BCUT2D eigenvalue weighted by molar-refractivity contribution is -0.114. The third kappa shape index (κ3) is 3.12. The average molecular weight is 326 g/mol. The highest BCUT2D eigenvalue weighted by atomic mass is 32.2. The number of amides is 1. The molecule has 0 atom stereocenters. The molecule has 118 valence electrons. The Morgan fingerprint density at radius 3 is 2.87 bits per heavy atom. The van der Waals surface area contributed by atoms with Crippen LogP contribution in [0.1, 0.15) is 37.3 Å². The van der Waals surface area contributed by atoms with Crippen molar-refractivity contribution in [2.75, 3.05) is 0 Å². The predicted octanol–water partition coefficient (Wildman–Crippen LogP) is 3.80. The van der Waals surface area contributed by atoms with E-state index >= 15 is 0 Å². The first-order chi connectivity index (χ1) is 11.1. The summed E-state index contributed by atoms with van der Waals surface area (Å²) in [6.07, 6.45) is 4.71. The van der Waals surface area contributed by atoms with Crippen LogP contribution in [0.4, 0.5) is 0 Å². The zero-order valence-corrected chi connectivity index (χ0v) is 14.0. The fraction of sp³-hybridized carbons (Fsp3) is 0.294. The molecule has 0 unspecified atom stereocenters. The van der Waals surface area contributed by atoms with Crippen molar-refractivity contribution < 1.29 is 4.79 Å². The van der Waals surface area contributed by atoms with Crippen molar-refractivity contribution in [3.8, 4) is 0 Å². The van der Waals surface area contributed by atoms with Crippen molar-refractivity contribution in [1.82, 2.24) is 5.01 Å². The van der Waals surface area contributed by atoms with Gasteiger partial charge in [0.1, 0.15) is 5.04 Å². The number of hydrazone groups is 1. The van der Waals surface area contributed by atoms with E-state index in [2.05, 4.69) is 17.0 Å². The van der Waals surface area contributed by atoms with E-state index in [0.717, 1.165) is 35.4 Å². The molecule has 23 heavy (non-hydrogen) atoms. The summed E-state index contributed by atoms with van der Waals surface area (Å²) in [5.74, 6) is -0.272. The number of hydrogen-bond donors (Lipinski definition) is 1. The summed E-state index contributed by atoms with van der Waals surface area (Å²) < 4.78 is 0. The number of carbonyl (C=O) groups is 1. The van der Waals surface area contributed by atoms with Gasteiger partial charge in [0.25, 0.3) is 5.91 Å². The molecular weight excluding hydrogens is 308 g/mol. The van der Waals surface area contributed by atoms with Gasteiger partial charge in [-0.15, -0.1) is 0 Å². The minimum absolute atomic E-state index is 0.0993. The van der Waals surface area contributed by atoms with Gasteiger partial charge < -0.3 is 0 Å². The summed E-state index contributed by atoms with van der Waals surface area (Å²) in [5.41, 5.74) is 2.25. The van der Waals surface area contributed by atoms with Crippen molar-refractivity contribution in [3.63, 3.8) is 0 Å². The monoisotopic (exact) mass is 326 g/mol. The van der Waals surface area contributed by atoms with Gasteiger partial charge in [0, 0.05) is 0 Å². The second-order valence-electron chi connectivity index (χ2n) is 5.47. The third-order valence-corrected chi connectivity index (χ3v) is 4.70. The molecular formula is C17H18N4OS. The number of rotatable bonds is 4. The molecule has 3 rings (SSSR count). The molecule has 0 spiro atoms. The maximum absolute atomic E-state index is 12.3. The van der Waals surface area contributed by atoms with Gasteiger partial charge in [-0.2, -0.15) is 15.1 Å². The molecule has 0 bridgehead atoms. The van der Waals surface area contributed by atoms with E-state index in [4.69, 9.17) is 5.41 Å². The number of unbranched alkanes of at least 4 members (excludes halogenated alkanes) is 1. The molecule has 5 nitrogen and oxygen atoms in total. The predicted molar refractivity (Wildman–Crippen MR) is 95.7 cm³/mol. The smallest absolute Gasteiger partial charge is 0.282 e. The van der Waals surface area contributed by atoms with Crippen LogP contribution in [0.2, 0.25) is 0 Å². The van der Waals surface area contributed by atoms with Gasteiger partial charge in [-0.3, -0.25) is 10.2 Å². The molecule has 2 aliphatic rings. The third-order valence-electron chi connectivity index (χ3n) is 3.73. The average Bonchev–Trinajstić information content (AvgIpc) is 2.94. The van der Waals surface area contributed by atoms with Crippen molar-refractivity contribution >= 4 is 39.8 Å². The van der Waals surface area contributed by atoms with Gasteiger partial charge in [0.15, 0.2) is 5.84 Å². The number of nitrogens with zero attached hydrogens (tertiary/aromatic N) is 3. The maximum Gasteiger partial charge on any atom is 0.283 e. The van der Waals surface area contributed by atoms with E-state index in [1.807, 2.05) is 31.2 Å². The largest absolute Gasteiger partial charge is 0.283 e. The number of benzene rings is 1. The summed E-state index contributed by atoms with van der Waals surface area (Å²) >= 11 is 1.39. The molecule has 0 aromatic heterocycles. The number of carbonyl (C=O) groups excluding carboxylic acids is 1. The number of nitrogens with one attached hydrogen (secondary N) is 1. The molecule has 0 radical (unpaired) electrons. The van der Waals surface area contributed by atoms with Crippen LogP contribution in [0, 0.1) is 12.3 Å². The number of fused-ring (bicyclic) bond motifs is 1. The number of aliphatic imine (C=N–C) groups is 1. The van der Waals surface area contributed by atoms with E-state index in [9.17, 15) is 4.79 Å². The SMILES string of the molecule is CCCCC1=NN2C(=N)/C(=C/c3ccccc3C)C(=O)N=C2S1. The van der Waals surface area contributed by atoms with Crippen LogP contribution in [0.5, 0.6) is 0 Å². The Hall–Kier alpha value is -2.21. The van der Waals surface area contributed by atoms with Crippen LogP contribution in [0.15, 0.2) is 39.9 Å².